The Bertz CT molecular complexity index is 374. The number of anilines is 1. The predicted molar refractivity (Wildman–Crippen MR) is 76.3 cm³/mol. The maximum atomic E-state index is 5.76. The molecule has 1 aromatic heterocycles. The molecule has 1 fully saturated rings. The van der Waals surface area contributed by atoms with E-state index in [1.807, 2.05) is 31.4 Å². The number of nitrogens with zero attached hydrogens (tertiary/aromatic N) is 4. The molecule has 0 aliphatic carbocycles. The van der Waals surface area contributed by atoms with Gasteiger partial charge in [-0.2, -0.15) is 0 Å². The molecule has 1 aliphatic rings. The summed E-state index contributed by atoms with van der Waals surface area (Å²) in [4.78, 5) is 12.9. The zero-order valence-electron chi connectivity index (χ0n) is 12.2. The molecule has 1 aromatic rings. The molecule has 0 unspecified atom stereocenters. The van der Waals surface area contributed by atoms with Crippen molar-refractivity contribution in [3.63, 3.8) is 0 Å². The molecule has 1 aliphatic heterocycles. The first kappa shape index (κ1) is 14.2. The molecular formula is C14H24N4O. The average Bonchev–Trinajstić information content (AvgIpc) is 2.40. The topological polar surface area (TPSA) is 41.5 Å². The number of hydrogen-bond donors (Lipinski definition) is 0. The molecule has 0 bridgehead atoms. The van der Waals surface area contributed by atoms with Gasteiger partial charge in [0.1, 0.15) is 0 Å². The minimum Gasteiger partial charge on any atom is -0.377 e. The van der Waals surface area contributed by atoms with Crippen molar-refractivity contribution in [1.82, 2.24) is 14.9 Å². The van der Waals surface area contributed by atoms with Gasteiger partial charge in [0, 0.05) is 51.7 Å². The molecule has 106 valence electrons. The van der Waals surface area contributed by atoms with Crippen LogP contribution >= 0.6 is 0 Å². The first-order valence-electron chi connectivity index (χ1n) is 6.93. The van der Waals surface area contributed by atoms with Gasteiger partial charge in [0.15, 0.2) is 0 Å². The Kier molecular flexibility index (Phi) is 5.10. The molecule has 5 heteroatoms. The Hall–Kier alpha value is -1.20. The van der Waals surface area contributed by atoms with Crippen LogP contribution in [-0.4, -0.2) is 55.3 Å². The largest absolute Gasteiger partial charge is 0.377 e. The first-order chi connectivity index (χ1) is 9.15. The third-order valence-corrected chi connectivity index (χ3v) is 3.33. The fraction of sp³-hybridized carbons (Fsp3) is 0.714. The highest BCUT2D eigenvalue weighted by molar-refractivity contribution is 5.26. The Morgan fingerprint density at radius 2 is 1.95 bits per heavy atom. The van der Waals surface area contributed by atoms with Gasteiger partial charge in [0.25, 0.3) is 0 Å². The van der Waals surface area contributed by atoms with Crippen molar-refractivity contribution in [2.75, 3.05) is 39.2 Å². The van der Waals surface area contributed by atoms with Crippen LogP contribution in [0.3, 0.4) is 0 Å². The van der Waals surface area contributed by atoms with Crippen LogP contribution in [0.4, 0.5) is 5.95 Å². The summed E-state index contributed by atoms with van der Waals surface area (Å²) in [6.07, 6.45) is 7.88. The molecule has 0 spiro atoms. The highest BCUT2D eigenvalue weighted by atomic mass is 16.5. The quantitative estimate of drug-likeness (QED) is 0.807. The molecule has 0 radical (unpaired) electrons. The zero-order valence-corrected chi connectivity index (χ0v) is 12.2. The second kappa shape index (κ2) is 6.82. The maximum absolute atomic E-state index is 5.76. The third-order valence-electron chi connectivity index (χ3n) is 3.33. The van der Waals surface area contributed by atoms with Gasteiger partial charge in [-0.15, -0.1) is 0 Å². The lowest BCUT2D eigenvalue weighted by Crippen LogP contribution is -2.33. The number of likely N-dealkylation sites (N-methyl/N-ethyl adjacent to an activating group) is 1. The SMILES string of the molecule is CN(Cc1cnc(N(C)C)nc1)C[C@@H]1CCCCO1. The molecule has 19 heavy (non-hydrogen) atoms. The van der Waals surface area contributed by atoms with Crippen molar-refractivity contribution in [3.05, 3.63) is 18.0 Å². The molecule has 0 N–H and O–H groups in total. The van der Waals surface area contributed by atoms with Crippen molar-refractivity contribution in [1.29, 1.82) is 0 Å². The van der Waals surface area contributed by atoms with Gasteiger partial charge in [-0.3, -0.25) is 4.90 Å². The molecule has 5 nitrogen and oxygen atoms in total. The second-order valence-corrected chi connectivity index (χ2v) is 5.47. The lowest BCUT2D eigenvalue weighted by atomic mass is 10.1. The van der Waals surface area contributed by atoms with Crippen LogP contribution in [0.1, 0.15) is 24.8 Å². The van der Waals surface area contributed by atoms with Crippen LogP contribution in [0.25, 0.3) is 0 Å². The van der Waals surface area contributed by atoms with Crippen molar-refractivity contribution >= 4 is 5.95 Å². The summed E-state index contributed by atoms with van der Waals surface area (Å²) in [5.74, 6) is 0.752. The fourth-order valence-corrected chi connectivity index (χ4v) is 2.34. The van der Waals surface area contributed by atoms with Crippen LogP contribution < -0.4 is 4.90 Å². The van der Waals surface area contributed by atoms with Crippen molar-refractivity contribution in [2.45, 2.75) is 31.9 Å². The Labute approximate surface area is 115 Å². The molecule has 0 aromatic carbocycles. The van der Waals surface area contributed by atoms with E-state index in [0.29, 0.717) is 6.10 Å². The Morgan fingerprint density at radius 3 is 2.53 bits per heavy atom. The molecule has 1 atom stereocenters. The molecule has 0 saturated carbocycles. The van der Waals surface area contributed by atoms with E-state index in [2.05, 4.69) is 21.9 Å². The number of rotatable bonds is 5. The third kappa shape index (κ3) is 4.44. The van der Waals surface area contributed by atoms with Crippen LogP contribution in [-0.2, 0) is 11.3 Å². The summed E-state index contributed by atoms with van der Waals surface area (Å²) in [5, 5.41) is 0. The lowest BCUT2D eigenvalue weighted by molar-refractivity contribution is -0.00261. The van der Waals surface area contributed by atoms with E-state index in [0.717, 1.165) is 31.2 Å². The molecule has 2 rings (SSSR count). The second-order valence-electron chi connectivity index (χ2n) is 5.47. The number of aromatic nitrogens is 2. The number of ether oxygens (including phenoxy) is 1. The van der Waals surface area contributed by atoms with Gasteiger partial charge >= 0.3 is 0 Å². The van der Waals surface area contributed by atoms with Gasteiger partial charge in [0.05, 0.1) is 6.10 Å². The lowest BCUT2D eigenvalue weighted by Gasteiger charge is -2.27. The number of hydrogen-bond acceptors (Lipinski definition) is 5. The monoisotopic (exact) mass is 264 g/mol. The highest BCUT2D eigenvalue weighted by Crippen LogP contribution is 2.14. The van der Waals surface area contributed by atoms with E-state index >= 15 is 0 Å². The van der Waals surface area contributed by atoms with Crippen molar-refractivity contribution < 1.29 is 4.74 Å². The smallest absolute Gasteiger partial charge is 0.224 e. The standard InChI is InChI=1S/C14H24N4O/c1-17(2)14-15-8-12(9-16-14)10-18(3)11-13-6-4-5-7-19-13/h8-9,13H,4-7,10-11H2,1-3H3/t13-/m0/s1. The van der Waals surface area contributed by atoms with E-state index in [-0.39, 0.29) is 0 Å². The Balaban J connectivity index is 1.82. The van der Waals surface area contributed by atoms with Gasteiger partial charge < -0.3 is 9.64 Å². The highest BCUT2D eigenvalue weighted by Gasteiger charge is 2.16. The van der Waals surface area contributed by atoms with Crippen LogP contribution in [0.2, 0.25) is 0 Å². The zero-order chi connectivity index (χ0) is 13.7. The maximum Gasteiger partial charge on any atom is 0.224 e. The van der Waals surface area contributed by atoms with E-state index in [4.69, 9.17) is 4.74 Å². The van der Waals surface area contributed by atoms with Crippen LogP contribution in [0.5, 0.6) is 0 Å². The van der Waals surface area contributed by atoms with Gasteiger partial charge in [0.2, 0.25) is 5.95 Å². The van der Waals surface area contributed by atoms with Crippen molar-refractivity contribution in [3.8, 4) is 0 Å². The van der Waals surface area contributed by atoms with Gasteiger partial charge in [-0.25, -0.2) is 9.97 Å². The first-order valence-corrected chi connectivity index (χ1v) is 6.93. The van der Waals surface area contributed by atoms with Crippen molar-refractivity contribution in [2.24, 2.45) is 0 Å². The minimum absolute atomic E-state index is 0.390. The van der Waals surface area contributed by atoms with E-state index in [1.54, 1.807) is 0 Å². The summed E-state index contributed by atoms with van der Waals surface area (Å²) >= 11 is 0. The van der Waals surface area contributed by atoms with Crippen LogP contribution in [0, 0.1) is 0 Å². The summed E-state index contributed by atoms with van der Waals surface area (Å²) in [6.45, 7) is 2.77. The Morgan fingerprint density at radius 1 is 1.21 bits per heavy atom. The van der Waals surface area contributed by atoms with E-state index in [1.165, 1.54) is 19.3 Å². The fourth-order valence-electron chi connectivity index (χ4n) is 2.34. The van der Waals surface area contributed by atoms with Gasteiger partial charge in [-0.1, -0.05) is 0 Å². The van der Waals surface area contributed by atoms with E-state index < -0.39 is 0 Å². The molecule has 0 amide bonds. The summed E-state index contributed by atoms with van der Waals surface area (Å²) in [7, 11) is 6.01. The summed E-state index contributed by atoms with van der Waals surface area (Å²) in [6, 6.07) is 0. The van der Waals surface area contributed by atoms with Gasteiger partial charge in [-0.05, 0) is 26.3 Å². The summed E-state index contributed by atoms with van der Waals surface area (Å²) < 4.78 is 5.76. The summed E-state index contributed by atoms with van der Waals surface area (Å²) in [5.41, 5.74) is 1.14. The molecule has 2 heterocycles. The molecule has 1 saturated heterocycles. The average molecular weight is 264 g/mol. The van der Waals surface area contributed by atoms with Crippen LogP contribution in [0.15, 0.2) is 12.4 Å². The normalized spacial score (nSPS) is 19.7. The molecular weight excluding hydrogens is 240 g/mol. The van der Waals surface area contributed by atoms with E-state index in [9.17, 15) is 0 Å². The minimum atomic E-state index is 0.390. The predicted octanol–water partition coefficient (Wildman–Crippen LogP) is 1.54.